The van der Waals surface area contributed by atoms with Gasteiger partial charge in [-0.25, -0.2) is 4.98 Å². The fourth-order valence-electron chi connectivity index (χ4n) is 3.70. The van der Waals surface area contributed by atoms with Crippen molar-refractivity contribution in [1.82, 2.24) is 14.4 Å². The van der Waals surface area contributed by atoms with Crippen LogP contribution in [0.5, 0.6) is 0 Å². The average molecular weight is 391 g/mol. The number of carbonyl (C=O) groups is 1. The summed E-state index contributed by atoms with van der Waals surface area (Å²) in [5.74, 6) is 0.823. The lowest BCUT2D eigenvalue weighted by molar-refractivity contribution is -0.116. The molecule has 6 nitrogen and oxygen atoms in total. The van der Waals surface area contributed by atoms with E-state index < -0.39 is 0 Å². The molecule has 0 spiro atoms. The van der Waals surface area contributed by atoms with Crippen LogP contribution in [-0.4, -0.2) is 33.4 Å². The van der Waals surface area contributed by atoms with E-state index in [4.69, 9.17) is 11.6 Å². The Morgan fingerprint density at radius 2 is 2.00 bits per heavy atom. The minimum absolute atomic E-state index is 0.00822. The molecule has 0 radical (unpaired) electrons. The molecule has 0 atom stereocenters. The minimum atomic E-state index is 0.00822. The Hall–Kier alpha value is -3.20. The summed E-state index contributed by atoms with van der Waals surface area (Å²) in [4.78, 5) is 27.3. The van der Waals surface area contributed by atoms with Crippen LogP contribution in [-0.2, 0) is 4.79 Å². The third-order valence-electron chi connectivity index (χ3n) is 5.01. The number of unbranched alkanes of at least 4 members (excludes halogenated alkanes) is 3. The van der Waals surface area contributed by atoms with Crippen LogP contribution in [0.1, 0.15) is 43.9 Å². The summed E-state index contributed by atoms with van der Waals surface area (Å²) >= 11 is 0. The molecule has 0 bridgehead atoms. The van der Waals surface area contributed by atoms with Crippen LogP contribution in [0, 0.1) is 20.4 Å². The first-order valence-electron chi connectivity index (χ1n) is 10.1. The Kier molecular flexibility index (Phi) is 6.61. The maximum Gasteiger partial charge on any atom is 0.263 e. The number of hydrogen-bond donors (Lipinski definition) is 0. The van der Waals surface area contributed by atoms with E-state index in [2.05, 4.69) is 27.2 Å². The van der Waals surface area contributed by atoms with E-state index in [0.29, 0.717) is 13.1 Å². The van der Waals surface area contributed by atoms with Gasteiger partial charge in [-0.05, 0) is 56.5 Å². The van der Waals surface area contributed by atoms with Gasteiger partial charge in [0, 0.05) is 43.5 Å². The Labute approximate surface area is 172 Å². The smallest absolute Gasteiger partial charge is 0.263 e. The third kappa shape index (κ3) is 4.62. The first-order chi connectivity index (χ1) is 14.0. The number of rotatable bonds is 8. The van der Waals surface area contributed by atoms with Crippen LogP contribution in [0.25, 0.3) is 21.7 Å². The van der Waals surface area contributed by atoms with Crippen LogP contribution in [0.3, 0.4) is 0 Å². The second kappa shape index (κ2) is 9.33. The number of anilines is 1. The van der Waals surface area contributed by atoms with Crippen molar-refractivity contribution in [2.75, 3.05) is 18.0 Å². The lowest BCUT2D eigenvalue weighted by Crippen LogP contribution is -2.31. The highest BCUT2D eigenvalue weighted by atomic mass is 16.2. The van der Waals surface area contributed by atoms with Gasteiger partial charge in [-0.2, -0.15) is 0 Å². The predicted molar refractivity (Wildman–Crippen MR) is 118 cm³/mol. The van der Waals surface area contributed by atoms with E-state index >= 15 is 0 Å². The van der Waals surface area contributed by atoms with Gasteiger partial charge in [0.15, 0.2) is 0 Å². The van der Waals surface area contributed by atoms with Gasteiger partial charge in [-0.3, -0.25) is 19.1 Å². The lowest BCUT2D eigenvalue weighted by Gasteiger charge is -2.23. The van der Waals surface area contributed by atoms with Crippen molar-refractivity contribution in [2.45, 2.75) is 46.5 Å². The van der Waals surface area contributed by atoms with E-state index in [0.717, 1.165) is 59.7 Å². The quantitative estimate of drug-likeness (QED) is 0.515. The van der Waals surface area contributed by atoms with Crippen LogP contribution in [0.2, 0.25) is 0 Å². The minimum Gasteiger partial charge on any atom is -0.296 e. The van der Waals surface area contributed by atoms with Crippen LogP contribution in [0.4, 0.5) is 5.82 Å². The summed E-state index contributed by atoms with van der Waals surface area (Å²) in [5, 5.41) is 0. The monoisotopic (exact) mass is 390 g/mol. The van der Waals surface area contributed by atoms with Crippen molar-refractivity contribution in [3.63, 3.8) is 0 Å². The van der Waals surface area contributed by atoms with Crippen molar-refractivity contribution in [1.29, 1.82) is 0 Å². The maximum atomic E-state index is 12.7. The number of fused-ring (bicyclic) bond motifs is 1. The molecule has 0 aliphatic carbocycles. The van der Waals surface area contributed by atoms with E-state index in [1.807, 2.05) is 30.0 Å². The topological polar surface area (TPSA) is 54.9 Å². The zero-order valence-electron chi connectivity index (χ0n) is 17.4. The Bertz CT molecular complexity index is 1030. The summed E-state index contributed by atoms with van der Waals surface area (Å²) in [6.07, 6.45) is 7.50. The number of imidazole rings is 1. The molecule has 3 heterocycles. The highest BCUT2D eigenvalue weighted by molar-refractivity contribution is 5.95. The number of carbonyl (C=O) groups excluding carboxylic acids is 1. The van der Waals surface area contributed by atoms with Gasteiger partial charge in [0.25, 0.3) is 13.1 Å². The number of amides is 1. The second-order valence-electron chi connectivity index (χ2n) is 7.38. The molecule has 0 N–H and O–H groups in total. The second-order valence-corrected chi connectivity index (χ2v) is 7.38. The first kappa shape index (κ1) is 20.5. The summed E-state index contributed by atoms with van der Waals surface area (Å²) in [6.45, 7) is 12.3. The van der Waals surface area contributed by atoms with Gasteiger partial charge >= 0.3 is 0 Å². The summed E-state index contributed by atoms with van der Waals surface area (Å²) in [6, 6.07) is 8.03. The fourth-order valence-corrected chi connectivity index (χ4v) is 3.70. The molecule has 0 saturated carbocycles. The highest BCUT2D eigenvalue weighted by Gasteiger charge is 2.23. The maximum absolute atomic E-state index is 12.7. The van der Waals surface area contributed by atoms with E-state index in [9.17, 15) is 4.79 Å². The van der Waals surface area contributed by atoms with Crippen LogP contribution < -0.4 is 4.90 Å². The molecule has 1 amide bonds. The van der Waals surface area contributed by atoms with Gasteiger partial charge in [-0.15, -0.1) is 0 Å². The molecule has 0 saturated heterocycles. The van der Waals surface area contributed by atoms with Crippen molar-refractivity contribution < 1.29 is 4.79 Å². The number of nitrogens with zero attached hydrogens (tertiary/aromatic N) is 5. The third-order valence-corrected chi connectivity index (χ3v) is 5.01. The summed E-state index contributed by atoms with van der Waals surface area (Å²) in [5.41, 5.74) is 4.72. The summed E-state index contributed by atoms with van der Waals surface area (Å²) in [7, 11) is 0. The fraction of sp³-hybridized carbons (Fsp3) is 0.391. The van der Waals surface area contributed by atoms with Gasteiger partial charge in [0.1, 0.15) is 17.2 Å². The van der Waals surface area contributed by atoms with Crippen molar-refractivity contribution >= 4 is 17.4 Å². The van der Waals surface area contributed by atoms with E-state index in [1.165, 1.54) is 0 Å². The van der Waals surface area contributed by atoms with Gasteiger partial charge in [0.05, 0.1) is 0 Å². The Morgan fingerprint density at radius 1 is 1.21 bits per heavy atom. The SMILES string of the molecule is C#[N+]CCCCCCN(C(C)=O)c1c(-c2cccnc2)nc2cc(C)cc(C)n12. The van der Waals surface area contributed by atoms with Gasteiger partial charge in [-0.1, -0.05) is 11.3 Å². The van der Waals surface area contributed by atoms with Crippen molar-refractivity contribution in [3.8, 4) is 17.8 Å². The summed E-state index contributed by atoms with van der Waals surface area (Å²) < 4.78 is 2.07. The number of aromatic nitrogens is 3. The van der Waals surface area contributed by atoms with Crippen molar-refractivity contribution in [3.05, 3.63) is 52.8 Å². The lowest BCUT2D eigenvalue weighted by atomic mass is 10.1. The molecule has 3 aromatic heterocycles. The largest absolute Gasteiger partial charge is 0.296 e. The Morgan fingerprint density at radius 3 is 2.69 bits per heavy atom. The molecule has 3 rings (SSSR count). The van der Waals surface area contributed by atoms with Crippen LogP contribution in [0.15, 0.2) is 36.7 Å². The molecule has 0 fully saturated rings. The molecule has 6 heteroatoms. The van der Waals surface area contributed by atoms with Gasteiger partial charge in [0.2, 0.25) is 5.91 Å². The average Bonchev–Trinajstić information content (AvgIpc) is 3.07. The zero-order valence-corrected chi connectivity index (χ0v) is 17.4. The molecular formula is C23H28N5O+. The highest BCUT2D eigenvalue weighted by Crippen LogP contribution is 2.33. The van der Waals surface area contributed by atoms with Crippen LogP contribution >= 0.6 is 0 Å². The molecule has 0 aliphatic heterocycles. The molecule has 150 valence electrons. The number of pyridine rings is 2. The molecule has 3 aromatic rings. The Balaban J connectivity index is 2.02. The number of hydrogen-bond acceptors (Lipinski definition) is 3. The molecule has 0 unspecified atom stereocenters. The first-order valence-corrected chi connectivity index (χ1v) is 10.1. The molecule has 0 aromatic carbocycles. The van der Waals surface area contributed by atoms with Gasteiger partial charge < -0.3 is 0 Å². The molecule has 29 heavy (non-hydrogen) atoms. The van der Waals surface area contributed by atoms with Crippen molar-refractivity contribution in [2.24, 2.45) is 0 Å². The predicted octanol–water partition coefficient (Wildman–Crippen LogP) is 4.89. The standard InChI is InChI=1S/C23H28N5O/c1-17-14-18(2)28-21(15-17)26-22(20-10-9-12-25-16-20)23(28)27(19(3)29)13-8-6-5-7-11-24-4/h4,9-10,12,14-16H,5-8,11,13H2,1-3H3/q+1. The molecular weight excluding hydrogens is 362 g/mol. The number of aryl methyl sites for hydroxylation is 2. The normalized spacial score (nSPS) is 10.8. The van der Waals surface area contributed by atoms with E-state index in [-0.39, 0.29) is 5.91 Å². The van der Waals surface area contributed by atoms with E-state index in [1.54, 1.807) is 19.3 Å². The molecule has 0 aliphatic rings. The zero-order chi connectivity index (χ0) is 20.8.